The van der Waals surface area contributed by atoms with E-state index in [2.05, 4.69) is 20.8 Å². The minimum atomic E-state index is -0.0511. The third-order valence-electron chi connectivity index (χ3n) is 3.74. The lowest BCUT2D eigenvalue weighted by Gasteiger charge is -2.31. The van der Waals surface area contributed by atoms with Gasteiger partial charge < -0.3 is 15.4 Å². The first-order valence-electron chi connectivity index (χ1n) is 7.36. The molecule has 4 heteroatoms. The van der Waals surface area contributed by atoms with Crippen molar-refractivity contribution in [3.8, 4) is 0 Å². The van der Waals surface area contributed by atoms with E-state index < -0.39 is 0 Å². The quantitative estimate of drug-likeness (QED) is 0.830. The SMILES string of the molecule is CN(CC1CCOCC1)C(=O)C(CN)CC(C)(C)C. The summed E-state index contributed by atoms with van der Waals surface area (Å²) in [5.41, 5.74) is 5.92. The third-order valence-corrected chi connectivity index (χ3v) is 3.74. The van der Waals surface area contributed by atoms with Crippen molar-refractivity contribution in [2.75, 3.05) is 33.4 Å². The molecule has 1 atom stereocenters. The number of nitrogens with zero attached hydrogens (tertiary/aromatic N) is 1. The molecule has 0 aromatic heterocycles. The highest BCUT2D eigenvalue weighted by molar-refractivity contribution is 5.78. The fourth-order valence-corrected chi connectivity index (χ4v) is 2.73. The molecule has 112 valence electrons. The van der Waals surface area contributed by atoms with Crippen LogP contribution in [0.4, 0.5) is 0 Å². The normalized spacial score (nSPS) is 19.2. The smallest absolute Gasteiger partial charge is 0.226 e. The van der Waals surface area contributed by atoms with Crippen LogP contribution in [-0.4, -0.2) is 44.2 Å². The molecule has 1 aliphatic heterocycles. The molecular formula is C15H30N2O2. The average Bonchev–Trinajstić information content (AvgIpc) is 2.35. The number of carbonyl (C=O) groups is 1. The van der Waals surface area contributed by atoms with Crippen molar-refractivity contribution in [3.05, 3.63) is 0 Å². The van der Waals surface area contributed by atoms with Crippen molar-refractivity contribution >= 4 is 5.91 Å². The van der Waals surface area contributed by atoms with E-state index in [-0.39, 0.29) is 17.2 Å². The second-order valence-electron chi connectivity index (χ2n) is 6.97. The van der Waals surface area contributed by atoms with Crippen molar-refractivity contribution in [2.24, 2.45) is 23.0 Å². The van der Waals surface area contributed by atoms with Crippen LogP contribution < -0.4 is 5.73 Å². The van der Waals surface area contributed by atoms with Crippen molar-refractivity contribution < 1.29 is 9.53 Å². The number of ether oxygens (including phenoxy) is 1. The minimum Gasteiger partial charge on any atom is -0.381 e. The van der Waals surface area contributed by atoms with Crippen LogP contribution in [0.3, 0.4) is 0 Å². The van der Waals surface area contributed by atoms with Crippen LogP contribution in [0.5, 0.6) is 0 Å². The summed E-state index contributed by atoms with van der Waals surface area (Å²) in [6.07, 6.45) is 2.97. The van der Waals surface area contributed by atoms with Gasteiger partial charge in [0.1, 0.15) is 0 Å². The molecule has 0 aromatic carbocycles. The van der Waals surface area contributed by atoms with E-state index in [4.69, 9.17) is 10.5 Å². The Morgan fingerprint density at radius 2 is 1.95 bits per heavy atom. The summed E-state index contributed by atoms with van der Waals surface area (Å²) in [6.45, 7) is 9.39. The molecule has 0 radical (unpaired) electrons. The molecule has 4 nitrogen and oxygen atoms in total. The van der Waals surface area contributed by atoms with Crippen LogP contribution in [0.1, 0.15) is 40.0 Å². The first kappa shape index (κ1) is 16.4. The van der Waals surface area contributed by atoms with Crippen LogP contribution in [0.2, 0.25) is 0 Å². The van der Waals surface area contributed by atoms with Crippen molar-refractivity contribution in [1.29, 1.82) is 0 Å². The minimum absolute atomic E-state index is 0.0511. The Labute approximate surface area is 117 Å². The van der Waals surface area contributed by atoms with E-state index in [9.17, 15) is 4.79 Å². The molecule has 0 aliphatic carbocycles. The predicted octanol–water partition coefficient (Wildman–Crippen LogP) is 1.88. The van der Waals surface area contributed by atoms with E-state index in [0.29, 0.717) is 12.5 Å². The fourth-order valence-electron chi connectivity index (χ4n) is 2.73. The summed E-state index contributed by atoms with van der Waals surface area (Å²) in [6, 6.07) is 0. The zero-order valence-electron chi connectivity index (χ0n) is 12.9. The standard InChI is InChI=1S/C15H30N2O2/c1-15(2,3)9-13(10-16)14(18)17(4)11-12-5-7-19-8-6-12/h12-13H,5-11,16H2,1-4H3. The van der Waals surface area contributed by atoms with Gasteiger partial charge in [-0.05, 0) is 30.6 Å². The molecule has 19 heavy (non-hydrogen) atoms. The molecule has 0 aromatic rings. The fraction of sp³-hybridized carbons (Fsp3) is 0.933. The number of amides is 1. The number of nitrogens with two attached hydrogens (primary N) is 1. The van der Waals surface area contributed by atoms with Gasteiger partial charge in [-0.25, -0.2) is 0 Å². The van der Waals surface area contributed by atoms with Crippen LogP contribution in [0.15, 0.2) is 0 Å². The van der Waals surface area contributed by atoms with Crippen molar-refractivity contribution in [2.45, 2.75) is 40.0 Å². The lowest BCUT2D eigenvalue weighted by molar-refractivity contribution is -0.135. The topological polar surface area (TPSA) is 55.6 Å². The van der Waals surface area contributed by atoms with Gasteiger partial charge >= 0.3 is 0 Å². The number of hydrogen-bond donors (Lipinski definition) is 1. The summed E-state index contributed by atoms with van der Waals surface area (Å²) in [5.74, 6) is 0.726. The molecule has 2 N–H and O–H groups in total. The van der Waals surface area contributed by atoms with Gasteiger partial charge in [0.2, 0.25) is 5.91 Å². The van der Waals surface area contributed by atoms with Gasteiger partial charge in [0, 0.05) is 33.4 Å². The van der Waals surface area contributed by atoms with E-state index in [1.165, 1.54) is 0 Å². The molecule has 0 bridgehead atoms. The van der Waals surface area contributed by atoms with Crippen LogP contribution in [-0.2, 0) is 9.53 Å². The summed E-state index contributed by atoms with van der Waals surface area (Å²) in [7, 11) is 1.91. The van der Waals surface area contributed by atoms with E-state index >= 15 is 0 Å². The summed E-state index contributed by atoms with van der Waals surface area (Å²) < 4.78 is 5.35. The predicted molar refractivity (Wildman–Crippen MR) is 77.8 cm³/mol. The largest absolute Gasteiger partial charge is 0.381 e. The van der Waals surface area contributed by atoms with Gasteiger partial charge in [-0.1, -0.05) is 20.8 Å². The van der Waals surface area contributed by atoms with Gasteiger partial charge in [-0.3, -0.25) is 4.79 Å². The Hall–Kier alpha value is -0.610. The third kappa shape index (κ3) is 5.91. The zero-order chi connectivity index (χ0) is 14.5. The van der Waals surface area contributed by atoms with Crippen molar-refractivity contribution in [1.82, 2.24) is 4.90 Å². The molecule has 0 saturated carbocycles. The average molecular weight is 270 g/mol. The first-order chi connectivity index (χ1) is 8.83. The molecule has 1 unspecified atom stereocenters. The number of hydrogen-bond acceptors (Lipinski definition) is 3. The van der Waals surface area contributed by atoms with Gasteiger partial charge in [-0.2, -0.15) is 0 Å². The molecule has 1 amide bonds. The molecule has 1 rings (SSSR count). The molecule has 1 saturated heterocycles. The van der Waals surface area contributed by atoms with Gasteiger partial charge in [0.25, 0.3) is 0 Å². The Balaban J connectivity index is 2.48. The highest BCUT2D eigenvalue weighted by Gasteiger charge is 2.27. The van der Waals surface area contributed by atoms with Crippen LogP contribution >= 0.6 is 0 Å². The highest BCUT2D eigenvalue weighted by atomic mass is 16.5. The maximum atomic E-state index is 12.4. The second kappa shape index (κ2) is 7.25. The summed E-state index contributed by atoms with van der Waals surface area (Å²) in [5, 5.41) is 0. The van der Waals surface area contributed by atoms with Crippen molar-refractivity contribution in [3.63, 3.8) is 0 Å². The number of carbonyl (C=O) groups excluding carboxylic acids is 1. The maximum absolute atomic E-state index is 12.4. The molecule has 1 aliphatic rings. The van der Waals surface area contributed by atoms with Gasteiger partial charge in [0.05, 0.1) is 5.92 Å². The van der Waals surface area contributed by atoms with Gasteiger partial charge in [-0.15, -0.1) is 0 Å². The van der Waals surface area contributed by atoms with Crippen LogP contribution in [0, 0.1) is 17.3 Å². The number of rotatable bonds is 5. The van der Waals surface area contributed by atoms with Crippen LogP contribution in [0.25, 0.3) is 0 Å². The molecule has 0 spiro atoms. The molecule has 1 fully saturated rings. The Bertz CT molecular complexity index is 280. The Morgan fingerprint density at radius 1 is 1.37 bits per heavy atom. The lowest BCUT2D eigenvalue weighted by Crippen LogP contribution is -2.41. The monoisotopic (exact) mass is 270 g/mol. The van der Waals surface area contributed by atoms with E-state index in [1.54, 1.807) is 0 Å². The first-order valence-corrected chi connectivity index (χ1v) is 7.36. The summed E-state index contributed by atoms with van der Waals surface area (Å²) in [4.78, 5) is 14.3. The van der Waals surface area contributed by atoms with Gasteiger partial charge in [0.15, 0.2) is 0 Å². The van der Waals surface area contributed by atoms with E-state index in [1.807, 2.05) is 11.9 Å². The Kier molecular flexibility index (Phi) is 6.27. The Morgan fingerprint density at radius 3 is 2.42 bits per heavy atom. The highest BCUT2D eigenvalue weighted by Crippen LogP contribution is 2.25. The zero-order valence-corrected chi connectivity index (χ0v) is 12.9. The summed E-state index contributed by atoms with van der Waals surface area (Å²) >= 11 is 0. The second-order valence-corrected chi connectivity index (χ2v) is 6.97. The maximum Gasteiger partial charge on any atom is 0.226 e. The molecule has 1 heterocycles. The lowest BCUT2D eigenvalue weighted by atomic mass is 9.84. The molecular weight excluding hydrogens is 240 g/mol. The van der Waals surface area contributed by atoms with E-state index in [0.717, 1.165) is 39.0 Å².